The van der Waals surface area contributed by atoms with Crippen molar-refractivity contribution < 1.29 is 19.0 Å². The van der Waals surface area contributed by atoms with Gasteiger partial charge >= 0.3 is 0 Å². The molecule has 1 aromatic heterocycles. The van der Waals surface area contributed by atoms with Gasteiger partial charge in [0.1, 0.15) is 30.0 Å². The third kappa shape index (κ3) is 6.67. The predicted molar refractivity (Wildman–Crippen MR) is 118 cm³/mol. The number of nitrogens with zero attached hydrogens (tertiary/aromatic N) is 1. The quantitative estimate of drug-likeness (QED) is 0.423. The molecule has 0 saturated heterocycles. The summed E-state index contributed by atoms with van der Waals surface area (Å²) < 4.78 is 16.9. The van der Waals surface area contributed by atoms with E-state index in [4.69, 9.17) is 37.1 Å². The third-order valence-electron chi connectivity index (χ3n) is 4.42. The summed E-state index contributed by atoms with van der Waals surface area (Å²) in [5.74, 6) is 2.14. The number of aliphatic hydroxyl groups is 1. The molecule has 2 aromatic carbocycles. The highest BCUT2D eigenvalue weighted by molar-refractivity contribution is 6.35. The highest BCUT2D eigenvalue weighted by Crippen LogP contribution is 2.27. The summed E-state index contributed by atoms with van der Waals surface area (Å²) in [4.78, 5) is 2.09. The van der Waals surface area contributed by atoms with Crippen molar-refractivity contribution in [2.45, 2.75) is 26.1 Å². The van der Waals surface area contributed by atoms with Crippen molar-refractivity contribution in [1.29, 1.82) is 0 Å². The Morgan fingerprint density at radius 3 is 2.57 bits per heavy atom. The van der Waals surface area contributed by atoms with Gasteiger partial charge in [-0.25, -0.2) is 0 Å². The van der Waals surface area contributed by atoms with Crippen molar-refractivity contribution in [2.75, 3.05) is 19.8 Å². The Bertz CT molecular complexity index is 917. The number of furan rings is 1. The van der Waals surface area contributed by atoms with Gasteiger partial charge in [-0.05, 0) is 43.3 Å². The first-order valence-corrected chi connectivity index (χ1v) is 10.5. The monoisotopic (exact) mass is 449 g/mol. The normalized spacial score (nSPS) is 12.2. The van der Waals surface area contributed by atoms with Crippen LogP contribution in [-0.4, -0.2) is 35.9 Å². The summed E-state index contributed by atoms with van der Waals surface area (Å²) in [6.07, 6.45) is 0.912. The number of hydrogen-bond acceptors (Lipinski definition) is 5. The SMILES string of the molecule is CCOc1ccccc1CN(Cc1ccco1)CC(O)COc1ccc(Cl)cc1Cl. The molecule has 0 aliphatic rings. The van der Waals surface area contributed by atoms with E-state index in [-0.39, 0.29) is 6.61 Å². The van der Waals surface area contributed by atoms with Crippen molar-refractivity contribution >= 4 is 23.2 Å². The smallest absolute Gasteiger partial charge is 0.138 e. The molecule has 0 saturated carbocycles. The highest BCUT2D eigenvalue weighted by atomic mass is 35.5. The lowest BCUT2D eigenvalue weighted by Crippen LogP contribution is -2.35. The van der Waals surface area contributed by atoms with E-state index in [0.29, 0.717) is 42.0 Å². The number of benzene rings is 2. The van der Waals surface area contributed by atoms with E-state index in [0.717, 1.165) is 17.1 Å². The molecule has 1 atom stereocenters. The minimum Gasteiger partial charge on any atom is -0.494 e. The lowest BCUT2D eigenvalue weighted by molar-refractivity contribution is 0.0601. The van der Waals surface area contributed by atoms with Crippen molar-refractivity contribution in [3.05, 3.63) is 82.2 Å². The summed E-state index contributed by atoms with van der Waals surface area (Å²) in [6, 6.07) is 16.7. The van der Waals surface area contributed by atoms with E-state index < -0.39 is 6.10 Å². The zero-order valence-electron chi connectivity index (χ0n) is 16.8. The molecule has 160 valence electrons. The summed E-state index contributed by atoms with van der Waals surface area (Å²) in [7, 11) is 0. The summed E-state index contributed by atoms with van der Waals surface area (Å²) in [5.41, 5.74) is 1.04. The van der Waals surface area contributed by atoms with Crippen molar-refractivity contribution in [3.8, 4) is 11.5 Å². The minimum absolute atomic E-state index is 0.100. The first kappa shape index (κ1) is 22.5. The van der Waals surface area contributed by atoms with Crippen molar-refractivity contribution in [2.24, 2.45) is 0 Å². The highest BCUT2D eigenvalue weighted by Gasteiger charge is 2.17. The zero-order chi connectivity index (χ0) is 21.3. The second kappa shape index (κ2) is 11.3. The molecular weight excluding hydrogens is 425 g/mol. The maximum Gasteiger partial charge on any atom is 0.138 e. The number of para-hydroxylation sites is 1. The maximum atomic E-state index is 10.6. The topological polar surface area (TPSA) is 55.1 Å². The molecule has 0 amide bonds. The first-order valence-electron chi connectivity index (χ1n) is 9.76. The second-order valence-corrected chi connectivity index (χ2v) is 7.67. The Balaban J connectivity index is 1.66. The Morgan fingerprint density at radius 2 is 1.83 bits per heavy atom. The van der Waals surface area contributed by atoms with E-state index in [1.165, 1.54) is 0 Å². The van der Waals surface area contributed by atoms with Crippen LogP contribution in [0.3, 0.4) is 0 Å². The molecule has 3 aromatic rings. The maximum absolute atomic E-state index is 10.6. The average Bonchev–Trinajstić information content (AvgIpc) is 3.22. The summed E-state index contributed by atoms with van der Waals surface area (Å²) in [6.45, 7) is 4.17. The molecule has 3 rings (SSSR count). The Labute approximate surface area is 186 Å². The molecule has 0 fully saturated rings. The molecule has 0 bridgehead atoms. The van der Waals surface area contributed by atoms with E-state index in [2.05, 4.69) is 4.90 Å². The van der Waals surface area contributed by atoms with E-state index in [9.17, 15) is 5.11 Å². The molecule has 0 aliphatic carbocycles. The van der Waals surface area contributed by atoms with Crippen LogP contribution in [0.5, 0.6) is 11.5 Å². The van der Waals surface area contributed by atoms with E-state index in [1.54, 1.807) is 24.5 Å². The van der Waals surface area contributed by atoms with E-state index >= 15 is 0 Å². The van der Waals surface area contributed by atoms with E-state index in [1.807, 2.05) is 43.3 Å². The van der Waals surface area contributed by atoms with Crippen LogP contribution in [0.1, 0.15) is 18.2 Å². The van der Waals surface area contributed by atoms with Crippen molar-refractivity contribution in [1.82, 2.24) is 4.90 Å². The molecule has 0 spiro atoms. The Morgan fingerprint density at radius 1 is 1.00 bits per heavy atom. The van der Waals surface area contributed by atoms with Gasteiger partial charge in [0, 0.05) is 23.7 Å². The third-order valence-corrected chi connectivity index (χ3v) is 4.95. The molecule has 0 radical (unpaired) electrons. The fourth-order valence-electron chi connectivity index (χ4n) is 3.11. The fourth-order valence-corrected chi connectivity index (χ4v) is 3.57. The van der Waals surface area contributed by atoms with Gasteiger partial charge in [-0.15, -0.1) is 0 Å². The van der Waals surface area contributed by atoms with Gasteiger partial charge in [0.05, 0.1) is 24.4 Å². The molecule has 1 unspecified atom stereocenters. The molecular formula is C23H25Cl2NO4. The summed E-state index contributed by atoms with van der Waals surface area (Å²) >= 11 is 12.1. The molecule has 5 nitrogen and oxygen atoms in total. The van der Waals surface area contributed by atoms with Gasteiger partial charge < -0.3 is 19.0 Å². The van der Waals surface area contributed by atoms with Gasteiger partial charge in [0.15, 0.2) is 0 Å². The molecule has 1 heterocycles. The van der Waals surface area contributed by atoms with Crippen molar-refractivity contribution in [3.63, 3.8) is 0 Å². The van der Waals surface area contributed by atoms with Crippen LogP contribution in [0.4, 0.5) is 0 Å². The molecule has 1 N–H and O–H groups in total. The predicted octanol–water partition coefficient (Wildman–Crippen LogP) is 5.43. The Hall–Kier alpha value is -2.18. The van der Waals surface area contributed by atoms with Crippen LogP contribution in [0.2, 0.25) is 10.0 Å². The number of rotatable bonds is 11. The van der Waals surface area contributed by atoms with Gasteiger partial charge in [0.25, 0.3) is 0 Å². The fraction of sp³-hybridized carbons (Fsp3) is 0.304. The van der Waals surface area contributed by atoms with Gasteiger partial charge in [-0.3, -0.25) is 4.90 Å². The van der Waals surface area contributed by atoms with Crippen LogP contribution in [0.25, 0.3) is 0 Å². The van der Waals surface area contributed by atoms with Gasteiger partial charge in [0.2, 0.25) is 0 Å². The standard InChI is InChI=1S/C23H25Cl2NO4/c1-2-28-22-8-4-3-6-17(22)13-26(15-20-7-5-11-29-20)14-19(27)16-30-23-10-9-18(24)12-21(23)25/h3-12,19,27H,2,13-16H2,1H3. The van der Waals surface area contributed by atoms with Crippen LogP contribution in [-0.2, 0) is 13.1 Å². The zero-order valence-corrected chi connectivity index (χ0v) is 18.3. The second-order valence-electron chi connectivity index (χ2n) is 6.83. The molecule has 0 aliphatic heterocycles. The van der Waals surface area contributed by atoms with Crippen LogP contribution in [0.15, 0.2) is 65.3 Å². The number of halogens is 2. The number of hydrogen-bond donors (Lipinski definition) is 1. The minimum atomic E-state index is -0.731. The Kier molecular flexibility index (Phi) is 8.46. The number of aliphatic hydroxyl groups excluding tert-OH is 1. The van der Waals surface area contributed by atoms with Crippen LogP contribution < -0.4 is 9.47 Å². The molecule has 7 heteroatoms. The largest absolute Gasteiger partial charge is 0.494 e. The summed E-state index contributed by atoms with van der Waals surface area (Å²) in [5, 5.41) is 11.6. The number of ether oxygens (including phenoxy) is 2. The van der Waals surface area contributed by atoms with Gasteiger partial charge in [-0.2, -0.15) is 0 Å². The lowest BCUT2D eigenvalue weighted by atomic mass is 10.1. The average molecular weight is 450 g/mol. The molecule has 30 heavy (non-hydrogen) atoms. The first-order chi connectivity index (χ1) is 14.5. The van der Waals surface area contributed by atoms with Crippen LogP contribution in [0, 0.1) is 0 Å². The van der Waals surface area contributed by atoms with Crippen LogP contribution >= 0.6 is 23.2 Å². The van der Waals surface area contributed by atoms with Gasteiger partial charge in [-0.1, -0.05) is 41.4 Å². The lowest BCUT2D eigenvalue weighted by Gasteiger charge is -2.25.